The van der Waals surface area contributed by atoms with Gasteiger partial charge < -0.3 is 10.6 Å². The van der Waals surface area contributed by atoms with Gasteiger partial charge in [0, 0.05) is 18.8 Å². The van der Waals surface area contributed by atoms with E-state index in [1.807, 2.05) is 4.90 Å². The second-order valence-corrected chi connectivity index (χ2v) is 8.57. The lowest BCUT2D eigenvalue weighted by Gasteiger charge is -2.31. The summed E-state index contributed by atoms with van der Waals surface area (Å²) < 4.78 is 22.3. The minimum absolute atomic E-state index is 0.0121. The Labute approximate surface area is 121 Å². The molecule has 20 heavy (non-hydrogen) atoms. The number of likely N-dealkylation sites (tertiary alicyclic amines) is 1. The molecule has 2 atom stereocenters. The summed E-state index contributed by atoms with van der Waals surface area (Å²) >= 11 is 0. The van der Waals surface area contributed by atoms with Crippen molar-refractivity contribution in [1.82, 2.24) is 4.90 Å². The molecule has 2 aliphatic rings. The molecular formula is C14H26N2O3S. The number of nitrogens with two attached hydrogens (primary N) is 1. The Morgan fingerprint density at radius 1 is 1.25 bits per heavy atom. The van der Waals surface area contributed by atoms with Gasteiger partial charge in [0.25, 0.3) is 0 Å². The van der Waals surface area contributed by atoms with Gasteiger partial charge in [-0.25, -0.2) is 8.42 Å². The summed E-state index contributed by atoms with van der Waals surface area (Å²) in [4.78, 5) is 14.4. The second kappa shape index (κ2) is 6.43. The van der Waals surface area contributed by atoms with E-state index < -0.39 is 15.9 Å². The fourth-order valence-electron chi connectivity index (χ4n) is 3.58. The lowest BCUT2D eigenvalue weighted by atomic mass is 9.95. The minimum Gasteiger partial charge on any atom is -0.338 e. The predicted molar refractivity (Wildman–Crippen MR) is 79.0 cm³/mol. The molecule has 0 aromatic heterocycles. The van der Waals surface area contributed by atoms with E-state index in [1.54, 1.807) is 0 Å². The van der Waals surface area contributed by atoms with Crippen LogP contribution in [-0.4, -0.2) is 49.9 Å². The van der Waals surface area contributed by atoms with E-state index in [4.69, 9.17) is 5.73 Å². The quantitative estimate of drug-likeness (QED) is 0.819. The lowest BCUT2D eigenvalue weighted by Crippen LogP contribution is -2.48. The maximum atomic E-state index is 12.4. The summed E-state index contributed by atoms with van der Waals surface area (Å²) in [5.74, 6) is 0.564. The van der Waals surface area contributed by atoms with Crippen molar-refractivity contribution in [1.29, 1.82) is 0 Å². The summed E-state index contributed by atoms with van der Waals surface area (Å²) in [6.45, 7) is 0.784. The average molecular weight is 302 g/mol. The Morgan fingerprint density at radius 3 is 2.50 bits per heavy atom. The molecule has 1 aliphatic carbocycles. The highest BCUT2D eigenvalue weighted by Crippen LogP contribution is 2.35. The van der Waals surface area contributed by atoms with E-state index in [2.05, 4.69) is 0 Å². The first-order valence-electron chi connectivity index (χ1n) is 7.62. The molecule has 1 saturated carbocycles. The van der Waals surface area contributed by atoms with Gasteiger partial charge in [-0.3, -0.25) is 4.79 Å². The van der Waals surface area contributed by atoms with Gasteiger partial charge in [-0.15, -0.1) is 0 Å². The molecule has 2 unspecified atom stereocenters. The van der Waals surface area contributed by atoms with Crippen LogP contribution in [0, 0.1) is 5.92 Å². The van der Waals surface area contributed by atoms with Crippen molar-refractivity contribution in [3.8, 4) is 0 Å². The van der Waals surface area contributed by atoms with Crippen LogP contribution in [0.2, 0.25) is 0 Å². The SMILES string of the molecule is CS(=O)(=O)CCC(N)C(=O)N1CCCC1C1CCCC1. The van der Waals surface area contributed by atoms with Crippen LogP contribution in [0.1, 0.15) is 44.9 Å². The normalized spacial score (nSPS) is 26.1. The van der Waals surface area contributed by atoms with E-state index in [0.717, 1.165) is 19.4 Å². The van der Waals surface area contributed by atoms with Crippen LogP contribution >= 0.6 is 0 Å². The molecule has 1 amide bonds. The van der Waals surface area contributed by atoms with Crippen LogP contribution < -0.4 is 5.73 Å². The number of hydrogen-bond acceptors (Lipinski definition) is 4. The number of carbonyl (C=O) groups is 1. The Bertz CT molecular complexity index is 443. The molecule has 5 nitrogen and oxygen atoms in total. The van der Waals surface area contributed by atoms with Crippen LogP contribution in [-0.2, 0) is 14.6 Å². The predicted octanol–water partition coefficient (Wildman–Crippen LogP) is 0.930. The van der Waals surface area contributed by atoms with Crippen molar-refractivity contribution in [2.45, 2.75) is 57.0 Å². The van der Waals surface area contributed by atoms with Gasteiger partial charge in [0.15, 0.2) is 0 Å². The third kappa shape index (κ3) is 3.95. The monoisotopic (exact) mass is 302 g/mol. The smallest absolute Gasteiger partial charge is 0.239 e. The van der Waals surface area contributed by atoms with Crippen molar-refractivity contribution >= 4 is 15.7 Å². The molecule has 2 fully saturated rings. The number of hydrogen-bond donors (Lipinski definition) is 1. The van der Waals surface area contributed by atoms with Crippen LogP contribution in [0.25, 0.3) is 0 Å². The van der Waals surface area contributed by atoms with Crippen molar-refractivity contribution in [2.24, 2.45) is 11.7 Å². The third-order valence-electron chi connectivity index (χ3n) is 4.64. The number of rotatable bonds is 5. The second-order valence-electron chi connectivity index (χ2n) is 6.31. The molecule has 2 rings (SSSR count). The Balaban J connectivity index is 1.93. The number of amides is 1. The van der Waals surface area contributed by atoms with E-state index in [9.17, 15) is 13.2 Å². The molecule has 0 radical (unpaired) electrons. The van der Waals surface area contributed by atoms with Crippen LogP contribution in [0.5, 0.6) is 0 Å². The fraction of sp³-hybridized carbons (Fsp3) is 0.929. The zero-order chi connectivity index (χ0) is 14.8. The van der Waals surface area contributed by atoms with Gasteiger partial charge in [0.1, 0.15) is 9.84 Å². The average Bonchev–Trinajstić information content (AvgIpc) is 3.03. The number of carbonyl (C=O) groups excluding carboxylic acids is 1. The van der Waals surface area contributed by atoms with Crippen molar-refractivity contribution in [3.05, 3.63) is 0 Å². The molecule has 1 saturated heterocycles. The zero-order valence-corrected chi connectivity index (χ0v) is 13.1. The van der Waals surface area contributed by atoms with Crippen LogP contribution in [0.3, 0.4) is 0 Å². The summed E-state index contributed by atoms with van der Waals surface area (Å²) in [7, 11) is -3.06. The summed E-state index contributed by atoms with van der Waals surface area (Å²) in [6.07, 6.45) is 8.50. The maximum absolute atomic E-state index is 12.4. The van der Waals surface area contributed by atoms with Gasteiger partial charge in [0.05, 0.1) is 11.8 Å². The highest BCUT2D eigenvalue weighted by molar-refractivity contribution is 7.90. The maximum Gasteiger partial charge on any atom is 0.239 e. The molecule has 0 aromatic carbocycles. The fourth-order valence-corrected chi connectivity index (χ4v) is 4.26. The first-order valence-corrected chi connectivity index (χ1v) is 9.68. The van der Waals surface area contributed by atoms with Crippen molar-refractivity contribution < 1.29 is 13.2 Å². The first kappa shape index (κ1) is 15.8. The topological polar surface area (TPSA) is 80.5 Å². The van der Waals surface area contributed by atoms with Gasteiger partial charge in [-0.05, 0) is 38.0 Å². The Hall–Kier alpha value is -0.620. The third-order valence-corrected chi connectivity index (χ3v) is 5.62. The van der Waals surface area contributed by atoms with Crippen LogP contribution in [0.15, 0.2) is 0 Å². The largest absolute Gasteiger partial charge is 0.338 e. The van der Waals surface area contributed by atoms with Gasteiger partial charge in [0.2, 0.25) is 5.91 Å². The molecule has 0 aromatic rings. The van der Waals surface area contributed by atoms with Crippen molar-refractivity contribution in [3.63, 3.8) is 0 Å². The number of sulfone groups is 1. The standard InChI is InChI=1S/C14H26N2O3S/c1-20(18,19)10-8-12(15)14(17)16-9-4-7-13(16)11-5-2-3-6-11/h11-13H,2-10,15H2,1H3. The molecule has 1 heterocycles. The Morgan fingerprint density at radius 2 is 1.90 bits per heavy atom. The molecule has 116 valence electrons. The van der Waals surface area contributed by atoms with E-state index in [-0.39, 0.29) is 18.1 Å². The Kier molecular flexibility index (Phi) is 5.07. The molecule has 2 N–H and O–H groups in total. The van der Waals surface area contributed by atoms with Gasteiger partial charge in [-0.1, -0.05) is 12.8 Å². The first-order chi connectivity index (χ1) is 9.38. The molecule has 0 bridgehead atoms. The van der Waals surface area contributed by atoms with Gasteiger partial charge >= 0.3 is 0 Å². The van der Waals surface area contributed by atoms with E-state index >= 15 is 0 Å². The minimum atomic E-state index is -3.06. The highest BCUT2D eigenvalue weighted by atomic mass is 32.2. The summed E-state index contributed by atoms with van der Waals surface area (Å²) in [6, 6.07) is -0.332. The lowest BCUT2D eigenvalue weighted by molar-refractivity contribution is -0.134. The van der Waals surface area contributed by atoms with E-state index in [0.29, 0.717) is 12.0 Å². The molecule has 0 spiro atoms. The zero-order valence-electron chi connectivity index (χ0n) is 12.3. The number of nitrogens with zero attached hydrogens (tertiary/aromatic N) is 1. The summed E-state index contributed by atoms with van der Waals surface area (Å²) in [5.41, 5.74) is 5.91. The van der Waals surface area contributed by atoms with Gasteiger partial charge in [-0.2, -0.15) is 0 Å². The molecule has 1 aliphatic heterocycles. The molecular weight excluding hydrogens is 276 g/mol. The summed E-state index contributed by atoms with van der Waals surface area (Å²) in [5, 5.41) is 0. The van der Waals surface area contributed by atoms with Crippen molar-refractivity contribution in [2.75, 3.05) is 18.6 Å². The molecule has 6 heteroatoms. The van der Waals surface area contributed by atoms with Crippen LogP contribution in [0.4, 0.5) is 0 Å². The highest BCUT2D eigenvalue weighted by Gasteiger charge is 2.37. The van der Waals surface area contributed by atoms with E-state index in [1.165, 1.54) is 31.9 Å².